The minimum absolute atomic E-state index is 0.00268. The molecule has 3 aliphatic rings. The Balaban J connectivity index is 1.28. The SMILES string of the molecule is O=C(Cc1ccncc1)Nc1ccc2c(c1)[C@H]1C[C@H](CC(=O)N3CCCCC3)O[C@@H](CO)[C@H]1O2. The van der Waals surface area contributed by atoms with E-state index in [0.29, 0.717) is 18.5 Å². The molecule has 1 aromatic carbocycles. The molecule has 3 aliphatic heterocycles. The fourth-order valence-electron chi connectivity index (χ4n) is 5.33. The van der Waals surface area contributed by atoms with Crippen LogP contribution in [0.1, 0.15) is 49.1 Å². The van der Waals surface area contributed by atoms with Gasteiger partial charge in [0.2, 0.25) is 11.8 Å². The largest absolute Gasteiger partial charge is 0.487 e. The van der Waals surface area contributed by atoms with Gasteiger partial charge in [0.05, 0.1) is 25.6 Å². The molecule has 180 valence electrons. The smallest absolute Gasteiger partial charge is 0.228 e. The van der Waals surface area contributed by atoms with Crippen molar-refractivity contribution in [2.45, 2.75) is 62.8 Å². The van der Waals surface area contributed by atoms with Gasteiger partial charge in [-0.3, -0.25) is 14.6 Å². The molecule has 34 heavy (non-hydrogen) atoms. The quantitative estimate of drug-likeness (QED) is 0.680. The number of fused-ring (bicyclic) bond motifs is 3. The standard InChI is InChI=1S/C26H31N3O5/c30-16-23-26-21(14-19(33-23)15-25(32)29-10-2-1-3-11-29)20-13-18(4-5-22(20)34-26)28-24(31)12-17-6-8-27-9-7-17/h4-9,13,19,21,23,26,30H,1-3,10-12,14-16H2,(H,28,31)/t19-,21-,23+,26+/m1/s1. The Morgan fingerprint density at radius 2 is 1.91 bits per heavy atom. The van der Waals surface area contributed by atoms with E-state index in [-0.39, 0.29) is 43.0 Å². The van der Waals surface area contributed by atoms with Gasteiger partial charge in [-0.1, -0.05) is 0 Å². The summed E-state index contributed by atoms with van der Waals surface area (Å²) >= 11 is 0. The second kappa shape index (κ2) is 10.1. The van der Waals surface area contributed by atoms with Crippen molar-refractivity contribution in [1.82, 2.24) is 9.88 Å². The lowest BCUT2D eigenvalue weighted by molar-refractivity contribution is -0.149. The summed E-state index contributed by atoms with van der Waals surface area (Å²) in [6, 6.07) is 9.28. The van der Waals surface area contributed by atoms with Gasteiger partial charge < -0.3 is 24.8 Å². The molecule has 0 aliphatic carbocycles. The molecule has 4 atom stereocenters. The van der Waals surface area contributed by atoms with Crippen molar-refractivity contribution >= 4 is 17.5 Å². The summed E-state index contributed by atoms with van der Waals surface area (Å²) in [5.41, 5.74) is 2.59. The zero-order valence-corrected chi connectivity index (χ0v) is 19.2. The van der Waals surface area contributed by atoms with Crippen LogP contribution in [0.4, 0.5) is 5.69 Å². The number of hydrogen-bond donors (Lipinski definition) is 2. The number of ether oxygens (including phenoxy) is 2. The average molecular weight is 466 g/mol. The number of rotatable bonds is 6. The Kier molecular flexibility index (Phi) is 6.78. The molecule has 0 radical (unpaired) electrons. The lowest BCUT2D eigenvalue weighted by atomic mass is 9.84. The van der Waals surface area contributed by atoms with Gasteiger partial charge >= 0.3 is 0 Å². The van der Waals surface area contributed by atoms with Crippen LogP contribution in [0, 0.1) is 0 Å². The zero-order chi connectivity index (χ0) is 23.5. The highest BCUT2D eigenvalue weighted by Gasteiger charge is 2.46. The number of aromatic nitrogens is 1. The summed E-state index contributed by atoms with van der Waals surface area (Å²) in [6.07, 6.45) is 6.79. The van der Waals surface area contributed by atoms with Crippen molar-refractivity contribution < 1.29 is 24.2 Å². The first-order valence-electron chi connectivity index (χ1n) is 12.1. The molecule has 2 amide bonds. The van der Waals surface area contributed by atoms with E-state index in [1.165, 1.54) is 6.42 Å². The number of amides is 2. The van der Waals surface area contributed by atoms with Crippen LogP contribution in [-0.2, 0) is 20.7 Å². The third kappa shape index (κ3) is 4.93. The summed E-state index contributed by atoms with van der Waals surface area (Å²) in [6.45, 7) is 1.46. The lowest BCUT2D eigenvalue weighted by Gasteiger charge is -2.38. The maximum Gasteiger partial charge on any atom is 0.228 e. The number of nitrogens with zero attached hydrogens (tertiary/aromatic N) is 2. The number of likely N-dealkylation sites (tertiary alicyclic amines) is 1. The van der Waals surface area contributed by atoms with Crippen molar-refractivity contribution in [3.05, 3.63) is 53.9 Å². The van der Waals surface area contributed by atoms with Gasteiger partial charge in [0.1, 0.15) is 18.0 Å². The van der Waals surface area contributed by atoms with E-state index >= 15 is 0 Å². The lowest BCUT2D eigenvalue weighted by Crippen LogP contribution is -2.48. The fourth-order valence-corrected chi connectivity index (χ4v) is 5.33. The maximum atomic E-state index is 12.8. The van der Waals surface area contributed by atoms with Gasteiger partial charge in [0.25, 0.3) is 0 Å². The van der Waals surface area contributed by atoms with Crippen LogP contribution in [0.25, 0.3) is 0 Å². The van der Waals surface area contributed by atoms with Crippen molar-refractivity contribution in [3.8, 4) is 5.75 Å². The number of aliphatic hydroxyl groups excluding tert-OH is 1. The minimum Gasteiger partial charge on any atom is -0.487 e. The monoisotopic (exact) mass is 465 g/mol. The summed E-state index contributed by atoms with van der Waals surface area (Å²) in [5.74, 6) is 0.757. The number of carbonyl (C=O) groups is 2. The van der Waals surface area contributed by atoms with E-state index in [0.717, 1.165) is 42.8 Å². The van der Waals surface area contributed by atoms with Crippen molar-refractivity contribution in [2.24, 2.45) is 0 Å². The Labute approximate surface area is 199 Å². The van der Waals surface area contributed by atoms with E-state index in [4.69, 9.17) is 9.47 Å². The van der Waals surface area contributed by atoms with Gasteiger partial charge in [0, 0.05) is 42.7 Å². The van der Waals surface area contributed by atoms with E-state index in [1.54, 1.807) is 12.4 Å². The maximum absolute atomic E-state index is 12.8. The van der Waals surface area contributed by atoms with Crippen LogP contribution in [-0.4, -0.2) is 64.8 Å². The number of hydrogen-bond acceptors (Lipinski definition) is 6. The molecular formula is C26H31N3O5. The molecule has 0 unspecified atom stereocenters. The summed E-state index contributed by atoms with van der Waals surface area (Å²) in [4.78, 5) is 31.3. The molecule has 1 aromatic heterocycles. The number of aliphatic hydroxyl groups is 1. The molecule has 2 aromatic rings. The highest BCUT2D eigenvalue weighted by molar-refractivity contribution is 5.92. The molecule has 0 saturated carbocycles. The average Bonchev–Trinajstić information content (AvgIpc) is 3.22. The molecular weight excluding hydrogens is 434 g/mol. The van der Waals surface area contributed by atoms with E-state index < -0.39 is 6.10 Å². The fraction of sp³-hybridized carbons (Fsp3) is 0.500. The van der Waals surface area contributed by atoms with Crippen LogP contribution in [0.3, 0.4) is 0 Å². The number of benzene rings is 1. The Morgan fingerprint density at radius 1 is 1.12 bits per heavy atom. The van der Waals surface area contributed by atoms with Gasteiger partial charge in [-0.15, -0.1) is 0 Å². The molecule has 8 nitrogen and oxygen atoms in total. The van der Waals surface area contributed by atoms with Gasteiger partial charge in [-0.25, -0.2) is 0 Å². The number of pyridine rings is 1. The molecule has 5 rings (SSSR count). The third-order valence-electron chi connectivity index (χ3n) is 7.01. The van der Waals surface area contributed by atoms with E-state index in [2.05, 4.69) is 10.3 Å². The van der Waals surface area contributed by atoms with Crippen LogP contribution in [0.2, 0.25) is 0 Å². The van der Waals surface area contributed by atoms with E-state index in [1.807, 2.05) is 35.2 Å². The normalized spacial score (nSPS) is 25.7. The zero-order valence-electron chi connectivity index (χ0n) is 19.2. The molecule has 4 heterocycles. The number of nitrogens with one attached hydrogen (secondary N) is 1. The molecule has 2 N–H and O–H groups in total. The van der Waals surface area contributed by atoms with Crippen molar-refractivity contribution in [2.75, 3.05) is 25.0 Å². The first-order valence-corrected chi connectivity index (χ1v) is 12.1. The van der Waals surface area contributed by atoms with Gasteiger partial charge in [-0.2, -0.15) is 0 Å². The first kappa shape index (κ1) is 22.8. The first-order chi connectivity index (χ1) is 16.6. The van der Waals surface area contributed by atoms with Gasteiger partial charge in [0.15, 0.2) is 0 Å². The second-order valence-corrected chi connectivity index (χ2v) is 9.38. The second-order valence-electron chi connectivity index (χ2n) is 9.38. The predicted molar refractivity (Wildman–Crippen MR) is 126 cm³/mol. The third-order valence-corrected chi connectivity index (χ3v) is 7.01. The molecule has 0 spiro atoms. The number of carbonyl (C=O) groups excluding carboxylic acids is 2. The topological polar surface area (TPSA) is 101 Å². The molecule has 8 heteroatoms. The highest BCUT2D eigenvalue weighted by Crippen LogP contribution is 2.47. The van der Waals surface area contributed by atoms with Crippen LogP contribution >= 0.6 is 0 Å². The number of piperidine rings is 1. The van der Waals surface area contributed by atoms with Crippen LogP contribution < -0.4 is 10.1 Å². The van der Waals surface area contributed by atoms with Crippen molar-refractivity contribution in [1.29, 1.82) is 0 Å². The Hall–Kier alpha value is -2.97. The Bertz CT molecular complexity index is 1020. The van der Waals surface area contributed by atoms with Crippen molar-refractivity contribution in [3.63, 3.8) is 0 Å². The number of anilines is 1. The highest BCUT2D eigenvalue weighted by atomic mass is 16.6. The minimum atomic E-state index is -0.491. The summed E-state index contributed by atoms with van der Waals surface area (Å²) < 4.78 is 12.2. The summed E-state index contributed by atoms with van der Waals surface area (Å²) in [7, 11) is 0. The van der Waals surface area contributed by atoms with E-state index in [9.17, 15) is 14.7 Å². The van der Waals surface area contributed by atoms with Gasteiger partial charge in [-0.05, 0) is 61.6 Å². The summed E-state index contributed by atoms with van der Waals surface area (Å²) in [5, 5.41) is 12.9. The molecule has 2 fully saturated rings. The Morgan fingerprint density at radius 3 is 2.68 bits per heavy atom. The molecule has 0 bridgehead atoms. The predicted octanol–water partition coefficient (Wildman–Crippen LogP) is 2.66. The molecule has 2 saturated heterocycles. The van der Waals surface area contributed by atoms with Crippen LogP contribution in [0.15, 0.2) is 42.7 Å². The van der Waals surface area contributed by atoms with Crippen LogP contribution in [0.5, 0.6) is 5.75 Å².